The molecule has 0 spiro atoms. The van der Waals surface area contributed by atoms with Crippen molar-refractivity contribution in [1.82, 2.24) is 9.78 Å². The van der Waals surface area contributed by atoms with Crippen LogP contribution in [0.25, 0.3) is 5.69 Å². The number of hydrogen-bond donors (Lipinski definition) is 0. The molecule has 0 bridgehead atoms. The Labute approximate surface area is 177 Å². The van der Waals surface area contributed by atoms with Gasteiger partial charge in [0.25, 0.3) is 0 Å². The van der Waals surface area contributed by atoms with Gasteiger partial charge in [0.2, 0.25) is 6.33 Å². The van der Waals surface area contributed by atoms with Gasteiger partial charge in [-0.25, -0.2) is 4.57 Å². The third-order valence-electron chi connectivity index (χ3n) is 5.87. The number of nitrogens with zero attached hydrogens (tertiary/aromatic N) is 3. The van der Waals surface area contributed by atoms with Gasteiger partial charge >= 0.3 is 5.82 Å². The molecule has 2 heterocycles. The summed E-state index contributed by atoms with van der Waals surface area (Å²) in [6.07, 6.45) is 2.07. The molecule has 2 atom stereocenters. The lowest BCUT2D eigenvalue weighted by Gasteiger charge is -2.30. The Morgan fingerprint density at radius 1 is 0.867 bits per heavy atom. The highest BCUT2D eigenvalue weighted by Gasteiger charge is 2.39. The predicted octanol–water partition coefficient (Wildman–Crippen LogP) is 4.95. The summed E-state index contributed by atoms with van der Waals surface area (Å²) in [5.74, 6) is 0.940. The molecule has 0 aliphatic carbocycles. The first-order valence-corrected chi connectivity index (χ1v) is 10.4. The minimum atomic E-state index is -0.0658. The van der Waals surface area contributed by atoms with Crippen molar-refractivity contribution >= 4 is 0 Å². The molecule has 0 unspecified atom stereocenters. The summed E-state index contributed by atoms with van der Waals surface area (Å²) in [7, 11) is 0. The molecule has 5 rings (SSSR count). The topological polar surface area (TPSA) is 30.9 Å². The van der Waals surface area contributed by atoms with Gasteiger partial charge in [0.15, 0.2) is 0 Å². The second kappa shape index (κ2) is 7.54. The maximum atomic E-state index is 6.39. The van der Waals surface area contributed by atoms with Gasteiger partial charge in [-0.05, 0) is 43.0 Å². The summed E-state index contributed by atoms with van der Waals surface area (Å²) in [5, 5.41) is 4.93. The zero-order valence-corrected chi connectivity index (χ0v) is 17.6. The first-order chi connectivity index (χ1) is 14.6. The van der Waals surface area contributed by atoms with E-state index in [9.17, 15) is 0 Å². The summed E-state index contributed by atoms with van der Waals surface area (Å²) in [6, 6.07) is 25.5. The van der Waals surface area contributed by atoms with E-state index in [1.54, 1.807) is 0 Å². The van der Waals surface area contributed by atoms with Crippen LogP contribution in [-0.4, -0.2) is 9.78 Å². The Hall–Kier alpha value is -3.24. The number of benzene rings is 3. The van der Waals surface area contributed by atoms with E-state index in [-0.39, 0.29) is 12.1 Å². The van der Waals surface area contributed by atoms with Crippen LogP contribution in [0.3, 0.4) is 0 Å². The lowest BCUT2D eigenvalue weighted by atomic mass is 9.94. The Balaban J connectivity index is 1.66. The van der Waals surface area contributed by atoms with Crippen molar-refractivity contribution in [3.63, 3.8) is 0 Å². The lowest BCUT2D eigenvalue weighted by molar-refractivity contribution is -0.742. The summed E-state index contributed by atoms with van der Waals surface area (Å²) < 4.78 is 10.7. The zero-order valence-electron chi connectivity index (χ0n) is 17.6. The SMILES string of the molecule is Cc1cc(C)c(-n2c[n+]3c(n2)CO[C@H](c2ccccc2)[C@H]3c2ccccc2)c(C)c1. The third-order valence-corrected chi connectivity index (χ3v) is 5.87. The van der Waals surface area contributed by atoms with Gasteiger partial charge in [-0.15, -0.1) is 0 Å². The fraction of sp³-hybridized carbons (Fsp3) is 0.231. The highest BCUT2D eigenvalue weighted by atomic mass is 16.5. The largest absolute Gasteiger partial charge is 0.358 e. The predicted molar refractivity (Wildman–Crippen MR) is 117 cm³/mol. The molecule has 1 aromatic heterocycles. The number of ether oxygens (including phenoxy) is 1. The van der Waals surface area contributed by atoms with Crippen molar-refractivity contribution in [3.05, 3.63) is 113 Å². The van der Waals surface area contributed by atoms with Crippen LogP contribution in [0.2, 0.25) is 0 Å². The molecule has 4 aromatic rings. The van der Waals surface area contributed by atoms with Crippen LogP contribution >= 0.6 is 0 Å². The molecular weight excluding hydrogens is 370 g/mol. The monoisotopic (exact) mass is 396 g/mol. The first kappa shape index (κ1) is 18.8. The molecule has 0 amide bonds. The van der Waals surface area contributed by atoms with Crippen LogP contribution in [0, 0.1) is 20.8 Å². The second-order valence-electron chi connectivity index (χ2n) is 8.13. The molecule has 1 aliphatic heterocycles. The summed E-state index contributed by atoms with van der Waals surface area (Å²) in [5.41, 5.74) is 7.27. The van der Waals surface area contributed by atoms with E-state index in [1.807, 2.05) is 10.7 Å². The smallest absolute Gasteiger partial charge is 0.304 e. The van der Waals surface area contributed by atoms with E-state index >= 15 is 0 Å². The number of fused-ring (bicyclic) bond motifs is 1. The van der Waals surface area contributed by atoms with Crippen LogP contribution in [0.1, 0.15) is 45.8 Å². The molecule has 4 nitrogen and oxygen atoms in total. The summed E-state index contributed by atoms with van der Waals surface area (Å²) in [6.45, 7) is 6.92. The normalized spacial score (nSPS) is 18.2. The summed E-state index contributed by atoms with van der Waals surface area (Å²) >= 11 is 0. The molecule has 3 aromatic carbocycles. The Bertz CT molecular complexity index is 1160. The minimum Gasteiger partial charge on any atom is -0.358 e. The van der Waals surface area contributed by atoms with Crippen molar-refractivity contribution < 1.29 is 9.30 Å². The Kier molecular flexibility index (Phi) is 4.72. The summed E-state index contributed by atoms with van der Waals surface area (Å²) in [4.78, 5) is 0. The molecular formula is C26H26N3O+. The zero-order chi connectivity index (χ0) is 20.7. The number of hydrogen-bond acceptors (Lipinski definition) is 2. The molecule has 0 saturated carbocycles. The maximum absolute atomic E-state index is 6.39. The van der Waals surface area contributed by atoms with Gasteiger partial charge < -0.3 is 4.74 Å². The van der Waals surface area contributed by atoms with Crippen LogP contribution in [0.5, 0.6) is 0 Å². The fourth-order valence-corrected chi connectivity index (χ4v) is 4.67. The van der Waals surface area contributed by atoms with Gasteiger partial charge in [-0.2, -0.15) is 0 Å². The standard InChI is InChI=1S/C26H26N3O/c1-18-14-19(2)24(20(3)15-18)29-17-28-23(27-29)16-30-26(22-12-8-5-9-13-22)25(28)21-10-6-4-7-11-21/h4-15,17,25-26H,16H2,1-3H3/q+1/t25-,26-/m1/s1. The van der Waals surface area contributed by atoms with E-state index in [2.05, 4.69) is 98.4 Å². The fourth-order valence-electron chi connectivity index (χ4n) is 4.67. The molecule has 150 valence electrons. The average molecular weight is 397 g/mol. The van der Waals surface area contributed by atoms with Gasteiger partial charge in [-0.3, -0.25) is 0 Å². The van der Waals surface area contributed by atoms with Crippen LogP contribution in [-0.2, 0) is 11.3 Å². The van der Waals surface area contributed by atoms with Crippen molar-refractivity contribution in [2.24, 2.45) is 0 Å². The van der Waals surface area contributed by atoms with Crippen LogP contribution < -0.4 is 4.57 Å². The Morgan fingerprint density at radius 3 is 2.10 bits per heavy atom. The van der Waals surface area contributed by atoms with E-state index in [0.29, 0.717) is 6.61 Å². The van der Waals surface area contributed by atoms with Crippen LogP contribution in [0.4, 0.5) is 0 Å². The third kappa shape index (κ3) is 3.23. The van der Waals surface area contributed by atoms with Crippen molar-refractivity contribution in [1.29, 1.82) is 0 Å². The molecule has 1 aliphatic rings. The average Bonchev–Trinajstić information content (AvgIpc) is 3.17. The van der Waals surface area contributed by atoms with Gasteiger partial charge in [0.1, 0.15) is 24.4 Å². The first-order valence-electron chi connectivity index (χ1n) is 10.4. The minimum absolute atomic E-state index is 0.0251. The van der Waals surface area contributed by atoms with Gasteiger partial charge in [-0.1, -0.05) is 83.0 Å². The number of aryl methyl sites for hydroxylation is 3. The lowest BCUT2D eigenvalue weighted by Crippen LogP contribution is -2.49. The molecule has 0 saturated heterocycles. The molecule has 30 heavy (non-hydrogen) atoms. The van der Waals surface area contributed by atoms with Gasteiger partial charge in [0.05, 0.1) is 0 Å². The van der Waals surface area contributed by atoms with E-state index in [4.69, 9.17) is 9.84 Å². The second-order valence-corrected chi connectivity index (χ2v) is 8.13. The van der Waals surface area contributed by atoms with Crippen molar-refractivity contribution in [2.45, 2.75) is 39.5 Å². The quantitative estimate of drug-likeness (QED) is 0.459. The number of aromatic nitrogens is 3. The Morgan fingerprint density at radius 2 is 1.47 bits per heavy atom. The molecule has 4 heteroatoms. The molecule has 0 N–H and O–H groups in total. The maximum Gasteiger partial charge on any atom is 0.304 e. The van der Waals surface area contributed by atoms with E-state index in [0.717, 1.165) is 11.5 Å². The van der Waals surface area contributed by atoms with Crippen LogP contribution in [0.15, 0.2) is 79.1 Å². The highest BCUT2D eigenvalue weighted by Crippen LogP contribution is 2.35. The molecule has 0 fully saturated rings. The van der Waals surface area contributed by atoms with E-state index < -0.39 is 0 Å². The molecule has 0 radical (unpaired) electrons. The van der Waals surface area contributed by atoms with Crippen molar-refractivity contribution in [3.8, 4) is 5.69 Å². The van der Waals surface area contributed by atoms with Crippen molar-refractivity contribution in [2.75, 3.05) is 0 Å². The van der Waals surface area contributed by atoms with E-state index in [1.165, 1.54) is 27.8 Å². The number of rotatable bonds is 3. The van der Waals surface area contributed by atoms with Gasteiger partial charge in [0, 0.05) is 5.10 Å². The highest BCUT2D eigenvalue weighted by molar-refractivity contribution is 5.48.